The molecule has 6 heteroatoms. The van der Waals surface area contributed by atoms with Crippen LogP contribution >= 0.6 is 0 Å². The summed E-state index contributed by atoms with van der Waals surface area (Å²) >= 11 is 0. The van der Waals surface area contributed by atoms with Gasteiger partial charge in [-0.1, -0.05) is 0 Å². The number of carboxylic acids is 1. The molecule has 0 saturated heterocycles. The minimum atomic E-state index is -1.03. The highest BCUT2D eigenvalue weighted by atomic mass is 16.4. The van der Waals surface area contributed by atoms with E-state index in [0.29, 0.717) is 17.7 Å². The van der Waals surface area contributed by atoms with Gasteiger partial charge in [-0.2, -0.15) is 0 Å². The average Bonchev–Trinajstić information content (AvgIpc) is 2.66. The fourth-order valence-electron chi connectivity index (χ4n) is 1.83. The van der Waals surface area contributed by atoms with E-state index in [1.54, 1.807) is 10.8 Å². The van der Waals surface area contributed by atoms with Crippen LogP contribution in [-0.2, 0) is 6.54 Å². The Balaban J connectivity index is 2.81. The van der Waals surface area contributed by atoms with E-state index in [0.717, 1.165) is 5.69 Å². The number of hydrogen-bond acceptors (Lipinski definition) is 4. The van der Waals surface area contributed by atoms with Gasteiger partial charge in [-0.15, -0.1) is 0 Å². The van der Waals surface area contributed by atoms with Crippen LogP contribution in [0.25, 0.3) is 11.2 Å². The van der Waals surface area contributed by atoms with Gasteiger partial charge in [0.05, 0.1) is 5.69 Å². The first-order chi connectivity index (χ1) is 8.06. The zero-order valence-corrected chi connectivity index (χ0v) is 10.0. The highest BCUT2D eigenvalue weighted by Crippen LogP contribution is 2.23. The normalized spacial score (nSPS) is 10.8. The van der Waals surface area contributed by atoms with Crippen molar-refractivity contribution in [3.63, 3.8) is 0 Å². The first kappa shape index (κ1) is 11.4. The molecule has 17 heavy (non-hydrogen) atoms. The quantitative estimate of drug-likeness (QED) is 0.864. The van der Waals surface area contributed by atoms with Crippen molar-refractivity contribution in [1.82, 2.24) is 14.5 Å². The molecule has 0 unspecified atom stereocenters. The number of nitrogens with zero attached hydrogens (tertiary/aromatic N) is 4. The number of aromatic carboxylic acids is 1. The van der Waals surface area contributed by atoms with Crippen molar-refractivity contribution < 1.29 is 9.90 Å². The SMILES string of the molecule is CCn1c(C(=O)O)nc2c(N(C)C)ccnc21. The molecule has 0 bridgehead atoms. The summed E-state index contributed by atoms with van der Waals surface area (Å²) in [5.74, 6) is -1.00. The number of rotatable bonds is 3. The molecular weight excluding hydrogens is 220 g/mol. The summed E-state index contributed by atoms with van der Waals surface area (Å²) in [7, 11) is 3.78. The van der Waals surface area contributed by atoms with Crippen LogP contribution in [-0.4, -0.2) is 39.7 Å². The van der Waals surface area contributed by atoms with Crippen LogP contribution in [0.3, 0.4) is 0 Å². The topological polar surface area (TPSA) is 71.2 Å². The van der Waals surface area contributed by atoms with E-state index in [1.807, 2.05) is 32.0 Å². The van der Waals surface area contributed by atoms with Gasteiger partial charge in [0.25, 0.3) is 0 Å². The van der Waals surface area contributed by atoms with E-state index < -0.39 is 5.97 Å². The smallest absolute Gasteiger partial charge is 0.372 e. The molecule has 0 atom stereocenters. The Morgan fingerprint density at radius 3 is 2.76 bits per heavy atom. The number of carbonyl (C=O) groups is 1. The fourth-order valence-corrected chi connectivity index (χ4v) is 1.83. The molecule has 0 fully saturated rings. The summed E-state index contributed by atoms with van der Waals surface area (Å²) in [6, 6.07) is 1.82. The zero-order valence-electron chi connectivity index (χ0n) is 10.0. The van der Waals surface area contributed by atoms with Gasteiger partial charge in [-0.25, -0.2) is 14.8 Å². The number of aromatic nitrogens is 3. The number of aryl methyl sites for hydroxylation is 1. The largest absolute Gasteiger partial charge is 0.475 e. The van der Waals surface area contributed by atoms with E-state index in [1.165, 1.54) is 0 Å². The van der Waals surface area contributed by atoms with Crippen LogP contribution in [0.4, 0.5) is 5.69 Å². The molecule has 0 aromatic carbocycles. The van der Waals surface area contributed by atoms with Gasteiger partial charge in [-0.05, 0) is 13.0 Å². The number of pyridine rings is 1. The standard InChI is InChI=1S/C11H14N4O2/c1-4-15-9-8(13-10(15)11(16)17)7(14(2)3)5-6-12-9/h5-6H,4H2,1-3H3,(H,16,17). The van der Waals surface area contributed by atoms with E-state index >= 15 is 0 Å². The molecular formula is C11H14N4O2. The highest BCUT2D eigenvalue weighted by molar-refractivity contribution is 5.93. The van der Waals surface area contributed by atoms with Crippen molar-refractivity contribution in [2.45, 2.75) is 13.5 Å². The van der Waals surface area contributed by atoms with Crippen LogP contribution in [0.5, 0.6) is 0 Å². The Morgan fingerprint density at radius 1 is 1.53 bits per heavy atom. The Bertz CT molecular complexity index is 574. The summed E-state index contributed by atoms with van der Waals surface area (Å²) in [6.07, 6.45) is 1.66. The Kier molecular flexibility index (Phi) is 2.71. The molecule has 2 rings (SSSR count). The number of fused-ring (bicyclic) bond motifs is 1. The molecule has 90 valence electrons. The summed E-state index contributed by atoms with van der Waals surface area (Å²) in [5.41, 5.74) is 2.09. The highest BCUT2D eigenvalue weighted by Gasteiger charge is 2.18. The predicted molar refractivity (Wildman–Crippen MR) is 64.5 cm³/mol. The lowest BCUT2D eigenvalue weighted by Crippen LogP contribution is -2.09. The molecule has 2 aromatic heterocycles. The van der Waals surface area contributed by atoms with Crippen molar-refractivity contribution in [3.05, 3.63) is 18.1 Å². The predicted octanol–water partition coefficient (Wildman–Crippen LogP) is 1.22. The Morgan fingerprint density at radius 2 is 2.24 bits per heavy atom. The second-order valence-electron chi connectivity index (χ2n) is 3.88. The van der Waals surface area contributed by atoms with Crippen LogP contribution < -0.4 is 4.90 Å². The zero-order chi connectivity index (χ0) is 12.6. The van der Waals surface area contributed by atoms with Gasteiger partial charge >= 0.3 is 5.97 Å². The number of imidazole rings is 1. The van der Waals surface area contributed by atoms with Gasteiger partial charge in [0.2, 0.25) is 5.82 Å². The number of hydrogen-bond donors (Lipinski definition) is 1. The van der Waals surface area contributed by atoms with Crippen molar-refractivity contribution in [1.29, 1.82) is 0 Å². The van der Waals surface area contributed by atoms with Crippen LogP contribution in [0.2, 0.25) is 0 Å². The third-order valence-corrected chi connectivity index (χ3v) is 2.60. The van der Waals surface area contributed by atoms with Crippen molar-refractivity contribution in [2.24, 2.45) is 0 Å². The summed E-state index contributed by atoms with van der Waals surface area (Å²) < 4.78 is 1.60. The molecule has 0 amide bonds. The molecule has 0 saturated carbocycles. The fraction of sp³-hybridized carbons (Fsp3) is 0.364. The minimum Gasteiger partial charge on any atom is -0.475 e. The maximum atomic E-state index is 11.1. The monoisotopic (exact) mass is 234 g/mol. The Labute approximate surface area is 98.5 Å². The second-order valence-corrected chi connectivity index (χ2v) is 3.88. The summed E-state index contributed by atoms with van der Waals surface area (Å²) in [5, 5.41) is 9.10. The van der Waals surface area contributed by atoms with Crippen molar-refractivity contribution in [2.75, 3.05) is 19.0 Å². The van der Waals surface area contributed by atoms with Gasteiger partial charge in [0, 0.05) is 26.8 Å². The maximum Gasteiger partial charge on any atom is 0.372 e. The lowest BCUT2D eigenvalue weighted by atomic mass is 10.3. The van der Waals surface area contributed by atoms with Crippen LogP contribution in [0, 0.1) is 0 Å². The molecule has 0 aliphatic rings. The number of anilines is 1. The molecule has 2 heterocycles. The van der Waals surface area contributed by atoms with Crippen LogP contribution in [0.15, 0.2) is 12.3 Å². The average molecular weight is 234 g/mol. The van der Waals surface area contributed by atoms with Crippen molar-refractivity contribution >= 4 is 22.8 Å². The molecule has 0 aliphatic carbocycles. The molecule has 1 N–H and O–H groups in total. The first-order valence-electron chi connectivity index (χ1n) is 5.32. The third kappa shape index (κ3) is 1.71. The van der Waals surface area contributed by atoms with E-state index in [-0.39, 0.29) is 5.82 Å². The molecule has 0 aliphatic heterocycles. The van der Waals surface area contributed by atoms with Crippen molar-refractivity contribution in [3.8, 4) is 0 Å². The van der Waals surface area contributed by atoms with Crippen LogP contribution in [0.1, 0.15) is 17.5 Å². The third-order valence-electron chi connectivity index (χ3n) is 2.60. The Hall–Kier alpha value is -2.11. The van der Waals surface area contributed by atoms with Gasteiger partial charge in [-0.3, -0.25) is 0 Å². The van der Waals surface area contributed by atoms with E-state index in [2.05, 4.69) is 9.97 Å². The lowest BCUT2D eigenvalue weighted by Gasteiger charge is -2.12. The van der Waals surface area contributed by atoms with E-state index in [9.17, 15) is 4.79 Å². The molecule has 2 aromatic rings. The molecule has 6 nitrogen and oxygen atoms in total. The number of carboxylic acid groups (broad SMARTS) is 1. The van der Waals surface area contributed by atoms with Gasteiger partial charge in [0.15, 0.2) is 5.65 Å². The molecule has 0 spiro atoms. The van der Waals surface area contributed by atoms with Gasteiger partial charge < -0.3 is 14.6 Å². The first-order valence-corrected chi connectivity index (χ1v) is 5.32. The summed E-state index contributed by atoms with van der Waals surface area (Å²) in [6.45, 7) is 2.40. The van der Waals surface area contributed by atoms with E-state index in [4.69, 9.17) is 5.11 Å². The van der Waals surface area contributed by atoms with Gasteiger partial charge in [0.1, 0.15) is 5.52 Å². The lowest BCUT2D eigenvalue weighted by molar-refractivity contribution is 0.0679. The summed E-state index contributed by atoms with van der Waals surface area (Å²) in [4.78, 5) is 21.4. The molecule has 0 radical (unpaired) electrons. The maximum absolute atomic E-state index is 11.1. The minimum absolute atomic E-state index is 0.0318. The second kappa shape index (κ2) is 4.04.